The van der Waals surface area contributed by atoms with Crippen LogP contribution in [0.25, 0.3) is 0 Å². The Kier molecular flexibility index (Phi) is 5.04. The van der Waals surface area contributed by atoms with E-state index in [-0.39, 0.29) is 11.7 Å². The topological polar surface area (TPSA) is 51.2 Å². The van der Waals surface area contributed by atoms with Crippen LogP contribution in [-0.2, 0) is 0 Å². The SMILES string of the molecule is Cc1ccc(C(=O)NC(C)c2ccccc2OC(F)F)cn1. The Labute approximate surface area is 127 Å². The lowest BCUT2D eigenvalue weighted by Gasteiger charge is -2.18. The maximum absolute atomic E-state index is 12.4. The number of benzene rings is 1. The maximum Gasteiger partial charge on any atom is 0.387 e. The first-order valence-corrected chi connectivity index (χ1v) is 6.74. The molecule has 0 spiro atoms. The average Bonchev–Trinajstić information content (AvgIpc) is 2.47. The number of carbonyl (C=O) groups excluding carboxylic acids is 1. The number of hydrogen-bond donors (Lipinski definition) is 1. The molecule has 0 aliphatic heterocycles. The van der Waals surface area contributed by atoms with Crippen LogP contribution in [0.4, 0.5) is 8.78 Å². The normalized spacial score (nSPS) is 12.0. The van der Waals surface area contributed by atoms with E-state index in [2.05, 4.69) is 15.0 Å². The fourth-order valence-electron chi connectivity index (χ4n) is 2.00. The number of nitrogens with zero attached hydrogens (tertiary/aromatic N) is 1. The summed E-state index contributed by atoms with van der Waals surface area (Å²) in [4.78, 5) is 16.2. The molecule has 2 aromatic rings. The highest BCUT2D eigenvalue weighted by molar-refractivity contribution is 5.94. The zero-order chi connectivity index (χ0) is 16.1. The van der Waals surface area contributed by atoms with Gasteiger partial charge in [-0.25, -0.2) is 0 Å². The molecule has 1 aromatic heterocycles. The van der Waals surface area contributed by atoms with Gasteiger partial charge in [-0.05, 0) is 32.0 Å². The molecule has 1 amide bonds. The number of alkyl halides is 2. The van der Waals surface area contributed by atoms with Crippen molar-refractivity contribution in [3.63, 3.8) is 0 Å². The Bertz CT molecular complexity index is 645. The minimum absolute atomic E-state index is 0.0485. The molecular formula is C16H16F2N2O2. The first-order valence-electron chi connectivity index (χ1n) is 6.74. The van der Waals surface area contributed by atoms with Crippen LogP contribution >= 0.6 is 0 Å². The monoisotopic (exact) mass is 306 g/mol. The van der Waals surface area contributed by atoms with Gasteiger partial charge in [-0.1, -0.05) is 18.2 Å². The Morgan fingerprint density at radius 1 is 1.23 bits per heavy atom. The van der Waals surface area contributed by atoms with Crippen molar-refractivity contribution in [2.45, 2.75) is 26.5 Å². The van der Waals surface area contributed by atoms with E-state index in [1.54, 1.807) is 37.3 Å². The van der Waals surface area contributed by atoms with Crippen LogP contribution in [0.15, 0.2) is 42.6 Å². The van der Waals surface area contributed by atoms with Crippen LogP contribution in [0.3, 0.4) is 0 Å². The minimum atomic E-state index is -2.91. The molecule has 0 aliphatic carbocycles. The van der Waals surface area contributed by atoms with Gasteiger partial charge >= 0.3 is 6.61 Å². The van der Waals surface area contributed by atoms with Crippen LogP contribution < -0.4 is 10.1 Å². The number of aryl methyl sites for hydroxylation is 1. The molecule has 1 heterocycles. The Hall–Kier alpha value is -2.50. The fourth-order valence-corrected chi connectivity index (χ4v) is 2.00. The molecule has 0 fully saturated rings. The number of nitrogens with one attached hydrogen (secondary N) is 1. The summed E-state index contributed by atoms with van der Waals surface area (Å²) < 4.78 is 29.3. The van der Waals surface area contributed by atoms with Crippen molar-refractivity contribution in [1.29, 1.82) is 0 Å². The van der Waals surface area contributed by atoms with Crippen molar-refractivity contribution < 1.29 is 18.3 Å². The van der Waals surface area contributed by atoms with Crippen LogP contribution in [0.5, 0.6) is 5.75 Å². The highest BCUT2D eigenvalue weighted by Gasteiger charge is 2.17. The first-order chi connectivity index (χ1) is 10.5. The van der Waals surface area contributed by atoms with Crippen molar-refractivity contribution in [3.05, 3.63) is 59.4 Å². The number of pyridine rings is 1. The molecule has 22 heavy (non-hydrogen) atoms. The van der Waals surface area contributed by atoms with Gasteiger partial charge < -0.3 is 10.1 Å². The van der Waals surface area contributed by atoms with Gasteiger partial charge in [-0.15, -0.1) is 0 Å². The van der Waals surface area contributed by atoms with Gasteiger partial charge in [-0.2, -0.15) is 8.78 Å². The summed E-state index contributed by atoms with van der Waals surface area (Å²) in [6.07, 6.45) is 1.47. The van der Waals surface area contributed by atoms with Gasteiger partial charge in [0, 0.05) is 17.5 Å². The van der Waals surface area contributed by atoms with E-state index in [0.29, 0.717) is 11.1 Å². The molecule has 0 saturated heterocycles. The lowest BCUT2D eigenvalue weighted by molar-refractivity contribution is -0.0506. The number of ether oxygens (including phenoxy) is 1. The molecule has 1 N–H and O–H groups in total. The van der Waals surface area contributed by atoms with Gasteiger partial charge in [0.2, 0.25) is 0 Å². The predicted octanol–water partition coefficient (Wildman–Crippen LogP) is 3.48. The number of hydrogen-bond acceptors (Lipinski definition) is 3. The smallest absolute Gasteiger partial charge is 0.387 e. The number of aromatic nitrogens is 1. The summed E-state index contributed by atoms with van der Waals surface area (Å²) in [5.74, 6) is -0.279. The van der Waals surface area contributed by atoms with E-state index in [0.717, 1.165) is 5.69 Å². The third kappa shape index (κ3) is 4.00. The van der Waals surface area contributed by atoms with E-state index < -0.39 is 12.7 Å². The van der Waals surface area contributed by atoms with Crippen molar-refractivity contribution >= 4 is 5.91 Å². The van der Waals surface area contributed by atoms with Crippen LogP contribution in [0, 0.1) is 6.92 Å². The summed E-state index contributed by atoms with van der Waals surface area (Å²) in [7, 11) is 0. The van der Waals surface area contributed by atoms with Gasteiger partial charge in [0.25, 0.3) is 5.91 Å². The molecule has 1 unspecified atom stereocenters. The zero-order valence-electron chi connectivity index (χ0n) is 12.2. The van der Waals surface area contributed by atoms with Crippen LogP contribution in [0.2, 0.25) is 0 Å². The second kappa shape index (κ2) is 6.98. The summed E-state index contributed by atoms with van der Waals surface area (Å²) in [6, 6.07) is 9.28. The molecule has 0 bridgehead atoms. The van der Waals surface area contributed by atoms with E-state index in [1.165, 1.54) is 12.3 Å². The second-order valence-electron chi connectivity index (χ2n) is 4.80. The molecule has 1 aromatic carbocycles. The number of para-hydroxylation sites is 1. The maximum atomic E-state index is 12.4. The highest BCUT2D eigenvalue weighted by Crippen LogP contribution is 2.26. The van der Waals surface area contributed by atoms with Gasteiger partial charge in [0.1, 0.15) is 5.75 Å². The molecule has 2 rings (SSSR count). The molecule has 6 heteroatoms. The van der Waals surface area contributed by atoms with Gasteiger partial charge in [0.15, 0.2) is 0 Å². The third-order valence-electron chi connectivity index (χ3n) is 3.12. The summed E-state index contributed by atoms with van der Waals surface area (Å²) in [6.45, 7) is 0.612. The van der Waals surface area contributed by atoms with Gasteiger partial charge in [0.05, 0.1) is 11.6 Å². The number of rotatable bonds is 5. The predicted molar refractivity (Wildman–Crippen MR) is 77.9 cm³/mol. The molecular weight excluding hydrogens is 290 g/mol. The second-order valence-corrected chi connectivity index (χ2v) is 4.80. The third-order valence-corrected chi connectivity index (χ3v) is 3.12. The quantitative estimate of drug-likeness (QED) is 0.920. The molecule has 0 aliphatic rings. The average molecular weight is 306 g/mol. The number of carbonyl (C=O) groups is 1. The Balaban J connectivity index is 2.13. The van der Waals surface area contributed by atoms with Crippen LogP contribution in [0.1, 0.15) is 34.6 Å². The van der Waals surface area contributed by atoms with E-state index in [1.807, 2.05) is 6.92 Å². The number of amides is 1. The van der Waals surface area contributed by atoms with Crippen molar-refractivity contribution in [3.8, 4) is 5.75 Å². The van der Waals surface area contributed by atoms with Crippen molar-refractivity contribution in [2.75, 3.05) is 0 Å². The van der Waals surface area contributed by atoms with Gasteiger partial charge in [-0.3, -0.25) is 9.78 Å². The molecule has 116 valence electrons. The minimum Gasteiger partial charge on any atom is -0.434 e. The molecule has 0 radical (unpaired) electrons. The Morgan fingerprint density at radius 2 is 1.95 bits per heavy atom. The summed E-state index contributed by atoms with van der Waals surface area (Å²) in [5, 5.41) is 2.74. The summed E-state index contributed by atoms with van der Waals surface area (Å²) >= 11 is 0. The van der Waals surface area contributed by atoms with Crippen LogP contribution in [-0.4, -0.2) is 17.5 Å². The Morgan fingerprint density at radius 3 is 2.59 bits per heavy atom. The lowest BCUT2D eigenvalue weighted by atomic mass is 10.1. The number of halogens is 2. The highest BCUT2D eigenvalue weighted by atomic mass is 19.3. The molecule has 0 saturated carbocycles. The van der Waals surface area contributed by atoms with Crippen molar-refractivity contribution in [2.24, 2.45) is 0 Å². The largest absolute Gasteiger partial charge is 0.434 e. The fraction of sp³-hybridized carbons (Fsp3) is 0.250. The first kappa shape index (κ1) is 15.9. The molecule has 1 atom stereocenters. The molecule has 4 nitrogen and oxygen atoms in total. The van der Waals surface area contributed by atoms with Crippen molar-refractivity contribution in [1.82, 2.24) is 10.3 Å². The van der Waals surface area contributed by atoms with E-state index in [9.17, 15) is 13.6 Å². The zero-order valence-corrected chi connectivity index (χ0v) is 12.2. The standard InChI is InChI=1S/C16H16F2N2O2/c1-10-7-8-12(9-19-10)15(21)20-11(2)13-5-3-4-6-14(13)22-16(17)18/h3-9,11,16H,1-2H3,(H,20,21). The lowest BCUT2D eigenvalue weighted by Crippen LogP contribution is -2.27. The van der Waals surface area contributed by atoms with E-state index >= 15 is 0 Å². The van der Waals surface area contributed by atoms with E-state index in [4.69, 9.17) is 0 Å². The summed E-state index contributed by atoms with van der Waals surface area (Å²) in [5.41, 5.74) is 1.70.